The fourth-order valence-electron chi connectivity index (χ4n) is 2.26. The van der Waals surface area contributed by atoms with Gasteiger partial charge in [0.25, 0.3) is 0 Å². The molecule has 0 spiro atoms. The first-order valence-electron chi connectivity index (χ1n) is 6.98. The number of phenolic OH excluding ortho intramolecular Hbond substituents is 1. The van der Waals surface area contributed by atoms with Gasteiger partial charge in [-0.25, -0.2) is 0 Å². The lowest BCUT2D eigenvalue weighted by Gasteiger charge is -2.10. The maximum atomic E-state index is 10.1. The quantitative estimate of drug-likeness (QED) is 0.486. The fraction of sp³-hybridized carbons (Fsp3) is 0.105. The second kappa shape index (κ2) is 7.53. The number of hydrogen-bond donors (Lipinski definition) is 1. The van der Waals surface area contributed by atoms with E-state index in [1.54, 1.807) is 36.4 Å². The van der Waals surface area contributed by atoms with Crippen LogP contribution in [0.4, 0.5) is 0 Å². The highest BCUT2D eigenvalue weighted by atomic mass is 35.5. The van der Waals surface area contributed by atoms with Gasteiger partial charge < -0.3 is 9.84 Å². The molecule has 0 fully saturated rings. The smallest absolute Gasteiger partial charge is 0.161 e. The molecule has 2 aromatic rings. The molecule has 23 heavy (non-hydrogen) atoms. The molecule has 0 radical (unpaired) electrons. The first kappa shape index (κ1) is 16.7. The average molecular weight is 326 g/mol. The van der Waals surface area contributed by atoms with Crippen LogP contribution in [-0.2, 0) is 6.42 Å². The van der Waals surface area contributed by atoms with Crippen LogP contribution < -0.4 is 4.74 Å². The normalized spacial score (nSPS) is 10.9. The third-order valence-electron chi connectivity index (χ3n) is 3.36. The number of nitrogens with zero attached hydrogens (tertiary/aromatic N) is 1. The van der Waals surface area contributed by atoms with Gasteiger partial charge in [-0.2, -0.15) is 5.26 Å². The van der Waals surface area contributed by atoms with Crippen LogP contribution in [0.15, 0.2) is 49.1 Å². The number of nitriles is 1. The van der Waals surface area contributed by atoms with Crippen LogP contribution in [0.25, 0.3) is 11.6 Å². The van der Waals surface area contributed by atoms with E-state index in [1.807, 2.05) is 12.1 Å². The topological polar surface area (TPSA) is 53.2 Å². The molecule has 4 heteroatoms. The molecule has 2 rings (SSSR count). The van der Waals surface area contributed by atoms with Crippen LogP contribution in [0.2, 0.25) is 5.02 Å². The third kappa shape index (κ3) is 3.74. The van der Waals surface area contributed by atoms with Crippen molar-refractivity contribution in [2.75, 3.05) is 7.11 Å². The van der Waals surface area contributed by atoms with Crippen LogP contribution in [-0.4, -0.2) is 12.2 Å². The van der Waals surface area contributed by atoms with E-state index in [9.17, 15) is 10.4 Å². The molecular formula is C19H16ClNO2. The minimum absolute atomic E-state index is 0.0841. The van der Waals surface area contributed by atoms with E-state index < -0.39 is 0 Å². The van der Waals surface area contributed by atoms with Crippen molar-refractivity contribution in [3.05, 3.63) is 70.8 Å². The Bertz CT molecular complexity index is 804. The molecule has 0 aliphatic rings. The Hall–Kier alpha value is -2.70. The van der Waals surface area contributed by atoms with E-state index in [1.165, 1.54) is 7.11 Å². The predicted molar refractivity (Wildman–Crippen MR) is 93.5 cm³/mol. The Balaban J connectivity index is 2.56. The molecule has 0 saturated heterocycles. The molecule has 116 valence electrons. The van der Waals surface area contributed by atoms with Gasteiger partial charge in [0.15, 0.2) is 11.5 Å². The van der Waals surface area contributed by atoms with Crippen molar-refractivity contribution in [3.8, 4) is 17.6 Å². The Morgan fingerprint density at radius 2 is 2.13 bits per heavy atom. The van der Waals surface area contributed by atoms with E-state index in [2.05, 4.69) is 12.6 Å². The van der Waals surface area contributed by atoms with Gasteiger partial charge in [0.05, 0.1) is 18.8 Å². The summed E-state index contributed by atoms with van der Waals surface area (Å²) in [5.41, 5.74) is 2.52. The lowest BCUT2D eigenvalue weighted by Crippen LogP contribution is -1.91. The van der Waals surface area contributed by atoms with Gasteiger partial charge in [0.2, 0.25) is 0 Å². The van der Waals surface area contributed by atoms with Gasteiger partial charge in [0.1, 0.15) is 0 Å². The van der Waals surface area contributed by atoms with E-state index in [0.29, 0.717) is 33.9 Å². The average Bonchev–Trinajstić information content (AvgIpc) is 2.56. The molecule has 0 aliphatic carbocycles. The number of allylic oxidation sites excluding steroid dienone is 2. The molecule has 2 aromatic carbocycles. The fourth-order valence-corrected chi connectivity index (χ4v) is 2.49. The molecule has 0 saturated carbocycles. The number of aromatic hydroxyl groups is 1. The summed E-state index contributed by atoms with van der Waals surface area (Å²) in [6, 6.07) is 12.8. The highest BCUT2D eigenvalue weighted by Gasteiger charge is 2.11. The monoisotopic (exact) mass is 325 g/mol. The summed E-state index contributed by atoms with van der Waals surface area (Å²) < 4.78 is 5.19. The lowest BCUT2D eigenvalue weighted by molar-refractivity contribution is 0.371. The summed E-state index contributed by atoms with van der Waals surface area (Å²) in [5, 5.41) is 20.1. The van der Waals surface area contributed by atoms with Gasteiger partial charge in [0, 0.05) is 16.1 Å². The number of halogens is 1. The lowest BCUT2D eigenvalue weighted by atomic mass is 10.0. The number of rotatable bonds is 5. The zero-order chi connectivity index (χ0) is 16.8. The van der Waals surface area contributed by atoms with E-state index in [0.717, 1.165) is 5.56 Å². The summed E-state index contributed by atoms with van der Waals surface area (Å²) in [6.45, 7) is 3.68. The van der Waals surface area contributed by atoms with Gasteiger partial charge in [-0.05, 0) is 36.3 Å². The SMILES string of the molecule is C=CCc1cc(C=C(C#N)c2ccccc2Cl)cc(OC)c1O. The Labute approximate surface area is 140 Å². The van der Waals surface area contributed by atoms with Crippen LogP contribution in [0.5, 0.6) is 11.5 Å². The van der Waals surface area contributed by atoms with Crippen molar-refractivity contribution in [2.45, 2.75) is 6.42 Å². The number of benzene rings is 2. The van der Waals surface area contributed by atoms with Crippen molar-refractivity contribution in [1.29, 1.82) is 5.26 Å². The van der Waals surface area contributed by atoms with E-state index in [-0.39, 0.29) is 5.75 Å². The van der Waals surface area contributed by atoms with Gasteiger partial charge in [-0.3, -0.25) is 0 Å². The maximum Gasteiger partial charge on any atom is 0.161 e. The minimum atomic E-state index is 0.0841. The maximum absolute atomic E-state index is 10.1. The summed E-state index contributed by atoms with van der Waals surface area (Å²) in [7, 11) is 1.49. The molecule has 0 amide bonds. The zero-order valence-corrected chi connectivity index (χ0v) is 13.5. The Morgan fingerprint density at radius 3 is 2.74 bits per heavy atom. The van der Waals surface area contributed by atoms with Crippen molar-refractivity contribution in [2.24, 2.45) is 0 Å². The summed E-state index contributed by atoms with van der Waals surface area (Å²) in [4.78, 5) is 0. The second-order valence-electron chi connectivity index (χ2n) is 4.87. The molecule has 0 aliphatic heterocycles. The highest BCUT2D eigenvalue weighted by Crippen LogP contribution is 2.34. The van der Waals surface area contributed by atoms with Crippen LogP contribution in [0.3, 0.4) is 0 Å². The van der Waals surface area contributed by atoms with Gasteiger partial charge in [-0.15, -0.1) is 6.58 Å². The highest BCUT2D eigenvalue weighted by molar-refractivity contribution is 6.32. The first-order chi connectivity index (χ1) is 11.1. The standard InChI is InChI=1S/C19H16ClNO2/c1-3-6-14-9-13(11-18(23-2)19(14)22)10-15(12-21)16-7-4-5-8-17(16)20/h3-5,7-11,22H,1,6H2,2H3. The molecule has 0 unspecified atom stereocenters. The Morgan fingerprint density at radius 1 is 1.39 bits per heavy atom. The van der Waals surface area contributed by atoms with E-state index in [4.69, 9.17) is 16.3 Å². The first-order valence-corrected chi connectivity index (χ1v) is 7.36. The predicted octanol–water partition coefficient (Wildman–Crippen LogP) is 4.85. The molecule has 3 nitrogen and oxygen atoms in total. The van der Waals surface area contributed by atoms with Gasteiger partial charge >= 0.3 is 0 Å². The zero-order valence-electron chi connectivity index (χ0n) is 12.7. The second-order valence-corrected chi connectivity index (χ2v) is 5.28. The van der Waals surface area contributed by atoms with E-state index >= 15 is 0 Å². The number of methoxy groups -OCH3 is 1. The third-order valence-corrected chi connectivity index (χ3v) is 3.69. The molecular weight excluding hydrogens is 310 g/mol. The van der Waals surface area contributed by atoms with Crippen LogP contribution in [0.1, 0.15) is 16.7 Å². The summed E-state index contributed by atoms with van der Waals surface area (Å²) in [6.07, 6.45) is 3.91. The summed E-state index contributed by atoms with van der Waals surface area (Å²) in [5.74, 6) is 0.438. The number of ether oxygens (including phenoxy) is 1. The van der Waals surface area contributed by atoms with Crippen LogP contribution >= 0.6 is 11.6 Å². The molecule has 0 bridgehead atoms. The molecule has 0 aromatic heterocycles. The minimum Gasteiger partial charge on any atom is -0.504 e. The summed E-state index contributed by atoms with van der Waals surface area (Å²) >= 11 is 6.16. The molecule has 1 N–H and O–H groups in total. The molecule has 0 atom stereocenters. The van der Waals surface area contributed by atoms with Crippen LogP contribution in [0, 0.1) is 11.3 Å². The Kier molecular flexibility index (Phi) is 5.46. The number of hydrogen-bond acceptors (Lipinski definition) is 3. The number of phenols is 1. The largest absolute Gasteiger partial charge is 0.504 e. The van der Waals surface area contributed by atoms with Crippen molar-refractivity contribution in [1.82, 2.24) is 0 Å². The molecule has 0 heterocycles. The van der Waals surface area contributed by atoms with Crippen molar-refractivity contribution in [3.63, 3.8) is 0 Å². The van der Waals surface area contributed by atoms with Gasteiger partial charge in [-0.1, -0.05) is 35.9 Å². The van der Waals surface area contributed by atoms with Crippen molar-refractivity contribution < 1.29 is 9.84 Å². The van der Waals surface area contributed by atoms with Crippen molar-refractivity contribution >= 4 is 23.3 Å².